The fraction of sp³-hybridized carbons (Fsp3) is 0.0667. The van der Waals surface area contributed by atoms with Crippen LogP contribution in [0.3, 0.4) is 0 Å². The summed E-state index contributed by atoms with van der Waals surface area (Å²) < 4.78 is 1.64. The number of anilines is 1. The number of nitrogens with one attached hydrogen (secondary N) is 1. The molecule has 0 saturated carbocycles. The fourth-order valence-electron chi connectivity index (χ4n) is 1.85. The summed E-state index contributed by atoms with van der Waals surface area (Å²) in [6.45, 7) is 0.0772. The SMILES string of the molecule is O=C(C[n+]1cccc(/C=N/O)c1)Nc1ccc(C(=O)O)cc1. The molecule has 2 aromatic rings. The lowest BCUT2D eigenvalue weighted by molar-refractivity contribution is -0.684. The Bertz CT molecular complexity index is 711. The third kappa shape index (κ3) is 4.14. The maximum Gasteiger partial charge on any atom is 0.335 e. The summed E-state index contributed by atoms with van der Waals surface area (Å²) in [6.07, 6.45) is 4.63. The summed E-state index contributed by atoms with van der Waals surface area (Å²) in [5.41, 5.74) is 1.33. The van der Waals surface area contributed by atoms with E-state index in [4.69, 9.17) is 10.3 Å². The predicted molar refractivity (Wildman–Crippen MR) is 78.0 cm³/mol. The second-order valence-corrected chi connectivity index (χ2v) is 4.48. The van der Waals surface area contributed by atoms with Crippen molar-refractivity contribution in [2.24, 2.45) is 5.16 Å². The van der Waals surface area contributed by atoms with Gasteiger partial charge >= 0.3 is 5.97 Å². The summed E-state index contributed by atoms with van der Waals surface area (Å²) in [4.78, 5) is 22.7. The second-order valence-electron chi connectivity index (χ2n) is 4.48. The lowest BCUT2D eigenvalue weighted by atomic mass is 10.2. The molecule has 3 N–H and O–H groups in total. The molecule has 2 rings (SSSR count). The van der Waals surface area contributed by atoms with Crippen LogP contribution >= 0.6 is 0 Å². The summed E-state index contributed by atoms with van der Waals surface area (Å²) in [7, 11) is 0. The van der Waals surface area contributed by atoms with Crippen molar-refractivity contribution >= 4 is 23.8 Å². The van der Waals surface area contributed by atoms with Crippen LogP contribution in [-0.4, -0.2) is 28.4 Å². The number of carbonyl (C=O) groups is 2. The van der Waals surface area contributed by atoms with Crippen molar-refractivity contribution in [1.29, 1.82) is 0 Å². The standard InChI is InChI=1S/C15H13N3O4/c19-14(10-18-7-1-2-11(9-18)8-16-22)17-13-5-3-12(4-6-13)15(20)21/h1-9H,10H2,(H2-,17,19,20,21,22)/p+1/b16-8+. The van der Waals surface area contributed by atoms with Gasteiger partial charge in [-0.15, -0.1) is 0 Å². The van der Waals surface area contributed by atoms with E-state index in [2.05, 4.69) is 10.5 Å². The molecule has 0 aliphatic heterocycles. The van der Waals surface area contributed by atoms with Crippen LogP contribution in [0.25, 0.3) is 0 Å². The Balaban J connectivity index is 2.00. The number of amides is 1. The van der Waals surface area contributed by atoms with E-state index in [1.165, 1.54) is 30.5 Å². The Hall–Kier alpha value is -3.22. The smallest absolute Gasteiger partial charge is 0.335 e. The first-order valence-electron chi connectivity index (χ1n) is 6.38. The van der Waals surface area contributed by atoms with Gasteiger partial charge in [0.1, 0.15) is 0 Å². The maximum absolute atomic E-state index is 11.9. The highest BCUT2D eigenvalue weighted by atomic mass is 16.4. The summed E-state index contributed by atoms with van der Waals surface area (Å²) in [6, 6.07) is 9.36. The Kier molecular flexibility index (Phi) is 4.81. The van der Waals surface area contributed by atoms with Gasteiger partial charge < -0.3 is 15.6 Å². The molecule has 0 fully saturated rings. The van der Waals surface area contributed by atoms with Crippen LogP contribution in [0.4, 0.5) is 5.69 Å². The zero-order chi connectivity index (χ0) is 15.9. The van der Waals surface area contributed by atoms with Crippen LogP contribution in [0.2, 0.25) is 0 Å². The average molecular weight is 300 g/mol. The van der Waals surface area contributed by atoms with Gasteiger partial charge in [-0.25, -0.2) is 4.79 Å². The number of aromatic carboxylic acids is 1. The molecule has 112 valence electrons. The van der Waals surface area contributed by atoms with Gasteiger partial charge in [0.05, 0.1) is 17.3 Å². The van der Waals surface area contributed by atoms with E-state index in [9.17, 15) is 9.59 Å². The Morgan fingerprint density at radius 1 is 1.23 bits per heavy atom. The number of benzene rings is 1. The monoisotopic (exact) mass is 300 g/mol. The van der Waals surface area contributed by atoms with E-state index in [1.54, 1.807) is 29.1 Å². The summed E-state index contributed by atoms with van der Waals surface area (Å²) in [5, 5.41) is 22.9. The highest BCUT2D eigenvalue weighted by molar-refractivity contribution is 5.91. The normalized spacial score (nSPS) is 10.5. The number of hydrogen-bond donors (Lipinski definition) is 3. The topological polar surface area (TPSA) is 103 Å². The third-order valence-electron chi connectivity index (χ3n) is 2.83. The van der Waals surface area contributed by atoms with E-state index >= 15 is 0 Å². The molecule has 0 radical (unpaired) electrons. The van der Waals surface area contributed by atoms with Crippen molar-refractivity contribution in [3.05, 3.63) is 59.9 Å². The van der Waals surface area contributed by atoms with Crippen LogP contribution in [0, 0.1) is 0 Å². The highest BCUT2D eigenvalue weighted by Gasteiger charge is 2.10. The van der Waals surface area contributed by atoms with Crippen molar-refractivity contribution in [2.75, 3.05) is 5.32 Å². The molecule has 7 heteroatoms. The molecule has 0 spiro atoms. The van der Waals surface area contributed by atoms with Crippen molar-refractivity contribution < 1.29 is 24.5 Å². The van der Waals surface area contributed by atoms with Gasteiger partial charge in [0.15, 0.2) is 12.4 Å². The summed E-state index contributed by atoms with van der Waals surface area (Å²) >= 11 is 0. The Morgan fingerprint density at radius 2 is 1.95 bits per heavy atom. The maximum atomic E-state index is 11.9. The molecule has 0 saturated heterocycles. The van der Waals surface area contributed by atoms with Crippen molar-refractivity contribution in [3.8, 4) is 0 Å². The van der Waals surface area contributed by atoms with Gasteiger partial charge in [0.2, 0.25) is 6.54 Å². The molecule has 0 aliphatic rings. The third-order valence-corrected chi connectivity index (χ3v) is 2.83. The van der Waals surface area contributed by atoms with Crippen LogP contribution in [0.1, 0.15) is 15.9 Å². The van der Waals surface area contributed by atoms with Gasteiger partial charge in [-0.05, 0) is 30.3 Å². The molecule has 0 atom stereocenters. The van der Waals surface area contributed by atoms with Gasteiger partial charge in [-0.2, -0.15) is 4.57 Å². The number of pyridine rings is 1. The molecule has 1 aromatic carbocycles. The molecule has 1 heterocycles. The quantitative estimate of drug-likeness (QED) is 0.333. The van der Waals surface area contributed by atoms with Crippen LogP contribution in [0.15, 0.2) is 53.9 Å². The number of oxime groups is 1. The number of carboxylic acids is 1. The molecule has 0 bridgehead atoms. The van der Waals surface area contributed by atoms with Crippen LogP contribution in [-0.2, 0) is 11.3 Å². The first kappa shape index (κ1) is 15.2. The predicted octanol–water partition coefficient (Wildman–Crippen LogP) is 1.12. The molecule has 1 aromatic heterocycles. The number of carbonyl (C=O) groups excluding carboxylic acids is 1. The van der Waals surface area contributed by atoms with E-state index in [-0.39, 0.29) is 18.0 Å². The minimum Gasteiger partial charge on any atom is -0.478 e. The van der Waals surface area contributed by atoms with Crippen molar-refractivity contribution in [3.63, 3.8) is 0 Å². The Labute approximate surface area is 126 Å². The molecular weight excluding hydrogens is 286 g/mol. The lowest BCUT2D eigenvalue weighted by Crippen LogP contribution is -2.40. The van der Waals surface area contributed by atoms with E-state index in [0.29, 0.717) is 11.3 Å². The van der Waals surface area contributed by atoms with E-state index < -0.39 is 5.97 Å². The molecule has 7 nitrogen and oxygen atoms in total. The van der Waals surface area contributed by atoms with Gasteiger partial charge in [0.25, 0.3) is 5.91 Å². The van der Waals surface area contributed by atoms with E-state index in [1.807, 2.05) is 0 Å². The van der Waals surface area contributed by atoms with Crippen LogP contribution < -0.4 is 9.88 Å². The lowest BCUT2D eigenvalue weighted by Gasteiger charge is -2.03. The molecule has 1 amide bonds. The number of hydrogen-bond acceptors (Lipinski definition) is 4. The molecule has 0 aliphatic carbocycles. The van der Waals surface area contributed by atoms with Crippen molar-refractivity contribution in [1.82, 2.24) is 0 Å². The molecule has 0 unspecified atom stereocenters. The van der Waals surface area contributed by atoms with Gasteiger partial charge in [-0.3, -0.25) is 4.79 Å². The van der Waals surface area contributed by atoms with Gasteiger partial charge in [-0.1, -0.05) is 5.16 Å². The number of aromatic nitrogens is 1. The van der Waals surface area contributed by atoms with Crippen LogP contribution in [0.5, 0.6) is 0 Å². The number of rotatable bonds is 5. The first-order chi connectivity index (χ1) is 10.6. The molecule has 22 heavy (non-hydrogen) atoms. The fourth-order valence-corrected chi connectivity index (χ4v) is 1.85. The number of nitrogens with zero attached hydrogens (tertiary/aromatic N) is 2. The number of carboxylic acid groups (broad SMARTS) is 1. The summed E-state index contributed by atoms with van der Waals surface area (Å²) in [5.74, 6) is -1.28. The minimum atomic E-state index is -1.02. The van der Waals surface area contributed by atoms with Gasteiger partial charge in [0, 0.05) is 11.8 Å². The van der Waals surface area contributed by atoms with E-state index in [0.717, 1.165) is 0 Å². The zero-order valence-electron chi connectivity index (χ0n) is 11.5. The van der Waals surface area contributed by atoms with Crippen molar-refractivity contribution in [2.45, 2.75) is 6.54 Å². The highest BCUT2D eigenvalue weighted by Crippen LogP contribution is 2.09. The Morgan fingerprint density at radius 3 is 2.59 bits per heavy atom. The minimum absolute atomic E-state index is 0.0772. The zero-order valence-corrected chi connectivity index (χ0v) is 11.5. The second kappa shape index (κ2) is 6.98. The first-order valence-corrected chi connectivity index (χ1v) is 6.38. The largest absolute Gasteiger partial charge is 0.478 e. The average Bonchev–Trinajstić information content (AvgIpc) is 2.48. The molecular formula is C15H14N3O4+.